The lowest BCUT2D eigenvalue weighted by molar-refractivity contribution is -0.119. The molecule has 1 aromatic carbocycles. The SMILES string of the molecule is Cc1ccc(N=C(N)CCl)cc1NC(=O)C1CCCC1. The van der Waals surface area contributed by atoms with Gasteiger partial charge >= 0.3 is 0 Å². The first-order valence-corrected chi connectivity index (χ1v) is 7.44. The molecule has 1 fully saturated rings. The molecule has 1 saturated carbocycles. The Morgan fingerprint density at radius 1 is 1.45 bits per heavy atom. The number of alkyl halides is 1. The van der Waals surface area contributed by atoms with Gasteiger partial charge in [0.1, 0.15) is 5.84 Å². The number of nitrogens with one attached hydrogen (secondary N) is 1. The van der Waals surface area contributed by atoms with Crippen molar-refractivity contribution in [2.45, 2.75) is 32.6 Å². The minimum absolute atomic E-state index is 0.108. The summed E-state index contributed by atoms with van der Waals surface area (Å²) in [5.41, 5.74) is 8.14. The van der Waals surface area contributed by atoms with Crippen molar-refractivity contribution in [3.8, 4) is 0 Å². The molecule has 0 aromatic heterocycles. The summed E-state index contributed by atoms with van der Waals surface area (Å²) in [4.78, 5) is 16.4. The third-order valence-electron chi connectivity index (χ3n) is 3.61. The number of amides is 1. The number of carbonyl (C=O) groups excluding carboxylic acids is 1. The van der Waals surface area contributed by atoms with E-state index in [0.717, 1.165) is 36.9 Å². The van der Waals surface area contributed by atoms with Gasteiger partial charge in [-0.25, -0.2) is 4.99 Å². The van der Waals surface area contributed by atoms with Gasteiger partial charge in [0.2, 0.25) is 5.91 Å². The van der Waals surface area contributed by atoms with Crippen molar-refractivity contribution in [3.05, 3.63) is 23.8 Å². The molecule has 108 valence electrons. The molecule has 0 bridgehead atoms. The van der Waals surface area contributed by atoms with E-state index in [1.807, 2.05) is 25.1 Å². The number of anilines is 1. The summed E-state index contributed by atoms with van der Waals surface area (Å²) in [6, 6.07) is 5.62. The fourth-order valence-corrected chi connectivity index (χ4v) is 2.49. The van der Waals surface area contributed by atoms with Gasteiger partial charge in [-0.2, -0.15) is 0 Å². The van der Waals surface area contributed by atoms with Crippen LogP contribution in [0.5, 0.6) is 0 Å². The van der Waals surface area contributed by atoms with Crippen LogP contribution in [-0.2, 0) is 4.79 Å². The number of aliphatic imine (C=N–C) groups is 1. The van der Waals surface area contributed by atoms with E-state index in [0.29, 0.717) is 11.5 Å². The smallest absolute Gasteiger partial charge is 0.227 e. The molecule has 0 atom stereocenters. The van der Waals surface area contributed by atoms with Gasteiger partial charge in [0.05, 0.1) is 11.6 Å². The van der Waals surface area contributed by atoms with Crippen LogP contribution < -0.4 is 11.1 Å². The lowest BCUT2D eigenvalue weighted by Gasteiger charge is -2.13. The highest BCUT2D eigenvalue weighted by atomic mass is 35.5. The molecular weight excluding hydrogens is 274 g/mol. The second kappa shape index (κ2) is 6.75. The van der Waals surface area contributed by atoms with Crippen LogP contribution >= 0.6 is 11.6 Å². The number of hydrogen-bond acceptors (Lipinski definition) is 2. The maximum Gasteiger partial charge on any atom is 0.227 e. The summed E-state index contributed by atoms with van der Waals surface area (Å²) in [6.45, 7) is 1.96. The molecule has 0 saturated heterocycles. The van der Waals surface area contributed by atoms with Crippen LogP contribution in [0.2, 0.25) is 0 Å². The van der Waals surface area contributed by atoms with Gasteiger partial charge in [0.25, 0.3) is 0 Å². The number of halogens is 1. The predicted octanol–water partition coefficient (Wildman–Crippen LogP) is 3.35. The predicted molar refractivity (Wildman–Crippen MR) is 83.8 cm³/mol. The second-order valence-corrected chi connectivity index (χ2v) is 5.47. The first kappa shape index (κ1) is 14.9. The molecule has 5 heteroatoms. The Morgan fingerprint density at radius 2 is 2.15 bits per heavy atom. The topological polar surface area (TPSA) is 67.5 Å². The van der Waals surface area contributed by atoms with Gasteiger partial charge in [0, 0.05) is 11.6 Å². The molecule has 0 radical (unpaired) electrons. The molecule has 4 nitrogen and oxygen atoms in total. The monoisotopic (exact) mass is 293 g/mol. The van der Waals surface area contributed by atoms with E-state index in [9.17, 15) is 4.79 Å². The van der Waals surface area contributed by atoms with Crippen LogP contribution in [0.4, 0.5) is 11.4 Å². The Kier molecular flexibility index (Phi) is 5.01. The first-order valence-electron chi connectivity index (χ1n) is 6.90. The van der Waals surface area contributed by atoms with E-state index in [4.69, 9.17) is 17.3 Å². The fourth-order valence-electron chi connectivity index (χ4n) is 2.43. The van der Waals surface area contributed by atoms with E-state index >= 15 is 0 Å². The molecule has 20 heavy (non-hydrogen) atoms. The molecule has 2 rings (SSSR count). The van der Waals surface area contributed by atoms with Gasteiger partial charge in [0.15, 0.2) is 0 Å². The highest BCUT2D eigenvalue weighted by molar-refractivity contribution is 6.28. The molecule has 0 aliphatic heterocycles. The van der Waals surface area contributed by atoms with E-state index in [-0.39, 0.29) is 17.7 Å². The highest BCUT2D eigenvalue weighted by Gasteiger charge is 2.22. The van der Waals surface area contributed by atoms with E-state index in [2.05, 4.69) is 10.3 Å². The Labute approximate surface area is 124 Å². The number of aryl methyl sites for hydroxylation is 1. The zero-order valence-corrected chi connectivity index (χ0v) is 12.4. The maximum absolute atomic E-state index is 12.2. The maximum atomic E-state index is 12.2. The van der Waals surface area contributed by atoms with Gasteiger partial charge < -0.3 is 11.1 Å². The minimum atomic E-state index is 0.108. The van der Waals surface area contributed by atoms with E-state index < -0.39 is 0 Å². The van der Waals surface area contributed by atoms with Crippen molar-refractivity contribution >= 4 is 34.7 Å². The Balaban J connectivity index is 2.14. The highest BCUT2D eigenvalue weighted by Crippen LogP contribution is 2.28. The Hall–Kier alpha value is -1.55. The van der Waals surface area contributed by atoms with Gasteiger partial charge in [-0.1, -0.05) is 18.9 Å². The molecule has 0 heterocycles. The number of amidine groups is 1. The molecule has 3 N–H and O–H groups in total. The Morgan fingerprint density at radius 3 is 2.80 bits per heavy atom. The largest absolute Gasteiger partial charge is 0.386 e. The lowest BCUT2D eigenvalue weighted by atomic mass is 10.1. The summed E-state index contributed by atoms with van der Waals surface area (Å²) in [7, 11) is 0. The summed E-state index contributed by atoms with van der Waals surface area (Å²) < 4.78 is 0. The van der Waals surface area contributed by atoms with Crippen molar-refractivity contribution in [1.82, 2.24) is 0 Å². The van der Waals surface area contributed by atoms with Crippen molar-refractivity contribution in [1.29, 1.82) is 0 Å². The molecule has 0 spiro atoms. The summed E-state index contributed by atoms with van der Waals surface area (Å²) >= 11 is 5.62. The van der Waals surface area contributed by atoms with Gasteiger partial charge in [-0.3, -0.25) is 4.79 Å². The quantitative estimate of drug-likeness (QED) is 0.508. The zero-order chi connectivity index (χ0) is 14.5. The molecule has 1 aliphatic rings. The number of rotatable bonds is 4. The van der Waals surface area contributed by atoms with Crippen molar-refractivity contribution in [2.75, 3.05) is 11.2 Å². The first-order chi connectivity index (χ1) is 9.60. The summed E-state index contributed by atoms with van der Waals surface area (Å²) in [5, 5.41) is 3.00. The number of nitrogens with two attached hydrogens (primary N) is 1. The normalized spacial score (nSPS) is 16.4. The van der Waals surface area contributed by atoms with E-state index in [1.165, 1.54) is 0 Å². The number of carbonyl (C=O) groups is 1. The standard InChI is InChI=1S/C15H20ClN3O/c1-10-6-7-12(18-14(17)9-16)8-13(10)19-15(20)11-4-2-3-5-11/h6-8,11H,2-5,9H2,1H3,(H2,17,18)(H,19,20). The van der Waals surface area contributed by atoms with Gasteiger partial charge in [-0.15, -0.1) is 11.6 Å². The van der Waals surface area contributed by atoms with Crippen LogP contribution in [0.25, 0.3) is 0 Å². The third-order valence-corrected chi connectivity index (χ3v) is 3.89. The Bertz CT molecular complexity index is 522. The van der Waals surface area contributed by atoms with E-state index in [1.54, 1.807) is 0 Å². The second-order valence-electron chi connectivity index (χ2n) is 5.21. The summed E-state index contributed by atoms with van der Waals surface area (Å²) in [5.74, 6) is 0.813. The number of hydrogen-bond donors (Lipinski definition) is 2. The van der Waals surface area contributed by atoms with Crippen molar-refractivity contribution < 1.29 is 4.79 Å². The third kappa shape index (κ3) is 3.73. The number of benzene rings is 1. The molecular formula is C15H20ClN3O. The van der Waals surface area contributed by atoms with Crippen LogP contribution in [0.15, 0.2) is 23.2 Å². The van der Waals surface area contributed by atoms with Gasteiger partial charge in [-0.05, 0) is 37.5 Å². The van der Waals surface area contributed by atoms with Crippen LogP contribution in [0, 0.1) is 12.8 Å². The lowest BCUT2D eigenvalue weighted by Crippen LogP contribution is -2.20. The minimum Gasteiger partial charge on any atom is -0.386 e. The molecule has 1 aromatic rings. The van der Waals surface area contributed by atoms with Crippen molar-refractivity contribution in [2.24, 2.45) is 16.6 Å². The van der Waals surface area contributed by atoms with Crippen LogP contribution in [0.1, 0.15) is 31.2 Å². The van der Waals surface area contributed by atoms with Crippen LogP contribution in [0.3, 0.4) is 0 Å². The average Bonchev–Trinajstić information content (AvgIpc) is 2.96. The summed E-state index contributed by atoms with van der Waals surface area (Å²) in [6.07, 6.45) is 4.27. The molecule has 1 amide bonds. The molecule has 1 aliphatic carbocycles. The number of nitrogens with zero attached hydrogens (tertiary/aromatic N) is 1. The fraction of sp³-hybridized carbons (Fsp3) is 0.467. The molecule has 0 unspecified atom stereocenters. The average molecular weight is 294 g/mol. The van der Waals surface area contributed by atoms with Crippen LogP contribution in [-0.4, -0.2) is 17.6 Å². The zero-order valence-electron chi connectivity index (χ0n) is 11.7. The van der Waals surface area contributed by atoms with Crippen molar-refractivity contribution in [3.63, 3.8) is 0 Å².